The molecule has 0 aliphatic rings. The van der Waals surface area contributed by atoms with Gasteiger partial charge < -0.3 is 0 Å². The predicted octanol–water partition coefficient (Wildman–Crippen LogP) is 13.3. The molecule has 3 nitrogen and oxygen atoms in total. The second-order valence-corrected chi connectivity index (χ2v) is 15.1. The van der Waals surface area contributed by atoms with Crippen molar-refractivity contribution in [2.75, 3.05) is 0 Å². The zero-order chi connectivity index (χ0) is 33.5. The van der Waals surface area contributed by atoms with Gasteiger partial charge in [0.15, 0.2) is 0 Å². The first-order chi connectivity index (χ1) is 25.3. The van der Waals surface area contributed by atoms with Crippen LogP contribution in [0, 0.1) is 0 Å². The van der Waals surface area contributed by atoms with Crippen molar-refractivity contribution >= 4 is 84.8 Å². The monoisotopic (exact) mass is 685 g/mol. The lowest BCUT2D eigenvalue weighted by molar-refractivity contribution is 0.992. The molecule has 0 radical (unpaired) electrons. The highest BCUT2D eigenvalue weighted by molar-refractivity contribution is 7.26. The summed E-state index contributed by atoms with van der Waals surface area (Å²) in [6.07, 6.45) is 1.88. The quantitative estimate of drug-likeness (QED) is 0.185. The van der Waals surface area contributed by atoms with Gasteiger partial charge in [0.25, 0.3) is 0 Å². The number of hydrogen-bond acceptors (Lipinski definition) is 4. The van der Waals surface area contributed by atoms with Crippen LogP contribution in [-0.2, 0) is 0 Å². The molecule has 0 aliphatic heterocycles. The van der Waals surface area contributed by atoms with Crippen molar-refractivity contribution in [3.05, 3.63) is 164 Å². The number of nitrogens with zero attached hydrogens (tertiary/aromatic N) is 3. The maximum absolute atomic E-state index is 5.17. The molecule has 0 fully saturated rings. The molecule has 0 spiro atoms. The van der Waals surface area contributed by atoms with Crippen LogP contribution < -0.4 is 0 Å². The lowest BCUT2D eigenvalue weighted by Gasteiger charge is -2.09. The zero-order valence-corrected chi connectivity index (χ0v) is 28.9. The lowest BCUT2D eigenvalue weighted by atomic mass is 10.0. The van der Waals surface area contributed by atoms with Gasteiger partial charge in [0.2, 0.25) is 5.95 Å². The summed E-state index contributed by atoms with van der Waals surface area (Å²) in [4.78, 5) is 10.00. The van der Waals surface area contributed by atoms with Gasteiger partial charge in [0, 0.05) is 62.9 Å². The largest absolute Gasteiger partial charge is 0.278 e. The van der Waals surface area contributed by atoms with Crippen LogP contribution in [0.5, 0.6) is 0 Å². The second-order valence-electron chi connectivity index (χ2n) is 13.0. The summed E-state index contributed by atoms with van der Waals surface area (Å²) >= 11 is 3.73. The average Bonchev–Trinajstić information content (AvgIpc) is 3.87. The van der Waals surface area contributed by atoms with E-state index < -0.39 is 0 Å². The SMILES string of the molecule is c1ccc2c(c1)sc1c(-c3ccc(-c4ccnc(-n5c6ccccc6c6cc(-c7cccc8c7sc7ccccc78)ccc65)n4)cc3)cccc12. The molecule has 4 aromatic heterocycles. The molecule has 0 amide bonds. The Balaban J connectivity index is 1.01. The molecule has 0 aliphatic carbocycles. The Hall–Kier alpha value is -6.14. The maximum Gasteiger partial charge on any atom is 0.235 e. The van der Waals surface area contributed by atoms with E-state index in [1.807, 2.05) is 34.9 Å². The van der Waals surface area contributed by atoms with Gasteiger partial charge in [-0.15, -0.1) is 22.7 Å². The summed E-state index contributed by atoms with van der Waals surface area (Å²) in [5.74, 6) is 0.664. The van der Waals surface area contributed by atoms with Crippen molar-refractivity contribution in [3.63, 3.8) is 0 Å². The van der Waals surface area contributed by atoms with Crippen LogP contribution in [0.25, 0.3) is 102 Å². The molecule has 51 heavy (non-hydrogen) atoms. The van der Waals surface area contributed by atoms with Crippen LogP contribution in [0.4, 0.5) is 0 Å². The third-order valence-corrected chi connectivity index (χ3v) is 12.6. The number of hydrogen-bond donors (Lipinski definition) is 0. The molecule has 11 aromatic rings. The van der Waals surface area contributed by atoms with Crippen molar-refractivity contribution in [1.82, 2.24) is 14.5 Å². The Labute approximate surface area is 301 Å². The van der Waals surface area contributed by atoms with Crippen LogP contribution in [0.15, 0.2) is 164 Å². The standard InChI is InChI=1S/C46H27N3S2/c1-4-16-40-33(9-1)38-27-30(32-13-8-15-37-35-11-3-6-18-43(35)51-45(32)37)23-24-41(38)49(40)46-47-26-25-39(48-46)29-21-19-28(20-22-29)31-12-7-14-36-34-10-2-5-17-42(34)50-44(31)36/h1-27H. The Bertz CT molecular complexity index is 3150. The zero-order valence-electron chi connectivity index (χ0n) is 27.2. The van der Waals surface area contributed by atoms with E-state index in [2.05, 4.69) is 156 Å². The summed E-state index contributed by atoms with van der Waals surface area (Å²) in [5.41, 5.74) is 9.07. The topological polar surface area (TPSA) is 30.7 Å². The fourth-order valence-corrected chi connectivity index (χ4v) is 10.2. The molecular weight excluding hydrogens is 659 g/mol. The first-order valence-corrected chi connectivity index (χ1v) is 18.7. The third kappa shape index (κ3) is 4.42. The maximum atomic E-state index is 5.17. The van der Waals surface area contributed by atoms with Gasteiger partial charge in [-0.05, 0) is 58.7 Å². The third-order valence-electron chi connectivity index (χ3n) is 10.1. The van der Waals surface area contributed by atoms with Crippen LogP contribution in [0.3, 0.4) is 0 Å². The van der Waals surface area contributed by atoms with Crippen molar-refractivity contribution in [2.24, 2.45) is 0 Å². The predicted molar refractivity (Wildman–Crippen MR) is 218 cm³/mol. The van der Waals surface area contributed by atoms with E-state index in [4.69, 9.17) is 9.97 Å². The summed E-state index contributed by atoms with van der Waals surface area (Å²) in [6.45, 7) is 0. The van der Waals surface area contributed by atoms with Crippen molar-refractivity contribution < 1.29 is 0 Å². The molecule has 4 heterocycles. The smallest absolute Gasteiger partial charge is 0.235 e. The van der Waals surface area contributed by atoms with Crippen molar-refractivity contribution in [2.45, 2.75) is 0 Å². The van der Waals surface area contributed by atoms with E-state index in [-0.39, 0.29) is 0 Å². The second kappa shape index (κ2) is 11.2. The number of para-hydroxylation sites is 1. The number of aromatic nitrogens is 3. The van der Waals surface area contributed by atoms with E-state index in [0.717, 1.165) is 22.3 Å². The van der Waals surface area contributed by atoms with Gasteiger partial charge >= 0.3 is 0 Å². The molecule has 0 bridgehead atoms. The first-order valence-electron chi connectivity index (χ1n) is 17.1. The minimum atomic E-state index is 0.664. The molecular formula is C46H27N3S2. The molecule has 5 heteroatoms. The molecule has 0 unspecified atom stereocenters. The summed E-state index contributed by atoms with van der Waals surface area (Å²) in [5, 5.41) is 7.64. The molecule has 7 aromatic carbocycles. The highest BCUT2D eigenvalue weighted by Gasteiger charge is 2.17. The minimum Gasteiger partial charge on any atom is -0.278 e. The number of fused-ring (bicyclic) bond motifs is 9. The van der Waals surface area contributed by atoms with Gasteiger partial charge in [0.05, 0.1) is 16.7 Å². The summed E-state index contributed by atoms with van der Waals surface area (Å²) in [7, 11) is 0. The Kier molecular flexibility index (Phi) is 6.29. The highest BCUT2D eigenvalue weighted by atomic mass is 32.1. The van der Waals surface area contributed by atoms with Gasteiger partial charge in [-0.2, -0.15) is 0 Å². The molecule has 0 saturated carbocycles. The Morgan fingerprint density at radius 1 is 0.412 bits per heavy atom. The van der Waals surface area contributed by atoms with E-state index in [9.17, 15) is 0 Å². The highest BCUT2D eigenvalue weighted by Crippen LogP contribution is 2.43. The number of thiophene rings is 2. The fraction of sp³-hybridized carbons (Fsp3) is 0. The van der Waals surface area contributed by atoms with E-state index in [1.54, 1.807) is 0 Å². The minimum absolute atomic E-state index is 0.664. The van der Waals surface area contributed by atoms with Gasteiger partial charge in [-0.1, -0.05) is 121 Å². The lowest BCUT2D eigenvalue weighted by Crippen LogP contribution is -2.01. The van der Waals surface area contributed by atoms with Gasteiger partial charge in [-0.3, -0.25) is 4.57 Å². The van der Waals surface area contributed by atoms with E-state index >= 15 is 0 Å². The van der Waals surface area contributed by atoms with Crippen molar-refractivity contribution in [3.8, 4) is 39.5 Å². The average molecular weight is 686 g/mol. The Morgan fingerprint density at radius 3 is 1.67 bits per heavy atom. The van der Waals surface area contributed by atoms with E-state index in [1.165, 1.54) is 73.4 Å². The summed E-state index contributed by atoms with van der Waals surface area (Å²) < 4.78 is 7.49. The van der Waals surface area contributed by atoms with Gasteiger partial charge in [0.1, 0.15) is 0 Å². The van der Waals surface area contributed by atoms with Crippen LogP contribution in [0.2, 0.25) is 0 Å². The fourth-order valence-electron chi connectivity index (χ4n) is 7.74. The number of rotatable bonds is 4. The first kappa shape index (κ1) is 28.7. The van der Waals surface area contributed by atoms with Crippen LogP contribution >= 0.6 is 22.7 Å². The molecule has 11 rings (SSSR count). The van der Waals surface area contributed by atoms with Crippen molar-refractivity contribution in [1.29, 1.82) is 0 Å². The Morgan fingerprint density at radius 2 is 0.961 bits per heavy atom. The molecule has 0 atom stereocenters. The van der Waals surface area contributed by atoms with E-state index in [0.29, 0.717) is 5.95 Å². The van der Waals surface area contributed by atoms with Crippen LogP contribution in [0.1, 0.15) is 0 Å². The molecule has 238 valence electrons. The molecule has 0 N–H and O–H groups in total. The number of benzene rings is 7. The van der Waals surface area contributed by atoms with Crippen LogP contribution in [-0.4, -0.2) is 14.5 Å². The normalized spacial score (nSPS) is 11.9. The van der Waals surface area contributed by atoms with Gasteiger partial charge in [-0.25, -0.2) is 9.97 Å². The summed E-state index contributed by atoms with van der Waals surface area (Å²) in [6, 6.07) is 56.9. The molecule has 0 saturated heterocycles.